The zero-order valence-corrected chi connectivity index (χ0v) is 49.1. The molecule has 22 heteroatoms. The number of ether oxygens (including phenoxy) is 8. The van der Waals surface area contributed by atoms with Gasteiger partial charge in [-0.1, -0.05) is 143 Å². The first-order valence-corrected chi connectivity index (χ1v) is 30.3. The van der Waals surface area contributed by atoms with Crippen molar-refractivity contribution in [1.82, 2.24) is 0 Å². The number of carbonyl (C=O) groups is 4. The van der Waals surface area contributed by atoms with Gasteiger partial charge in [-0.15, -0.1) is 0 Å². The van der Waals surface area contributed by atoms with E-state index in [0.717, 1.165) is 128 Å². The summed E-state index contributed by atoms with van der Waals surface area (Å²) in [4.78, 5) is 48.6. The van der Waals surface area contributed by atoms with Crippen LogP contribution >= 0.6 is 0 Å². The fourth-order valence-electron chi connectivity index (χ4n) is 10.0. The highest BCUT2D eigenvalue weighted by molar-refractivity contribution is 5.72. The van der Waals surface area contributed by atoms with Crippen LogP contribution in [0.15, 0.2) is 0 Å². The lowest BCUT2D eigenvalue weighted by Crippen LogP contribution is -2.63. The average Bonchev–Trinajstić information content (AvgIpc) is 3.40. The SMILES string of the molecule is CCCCCCCC(CC(=O)O)OC(=O)CC(CCCCCCC)O[C@@H]1OC(C)[C@H](O)[C@H](O)C1O.CCCCCCCC(CC(=O)O)OC(=O)CC(CCCCCCC)O[C@@H]1OC(C)[C@H](O)[C@H](O)C1O[C@@H]1OC(C)[C@H](O)[C@H](O)C1O. The summed E-state index contributed by atoms with van der Waals surface area (Å²) in [6, 6.07) is 0. The van der Waals surface area contributed by atoms with Crippen LogP contribution in [-0.4, -0.2) is 191 Å². The Morgan fingerprint density at radius 3 is 1.02 bits per heavy atom. The summed E-state index contributed by atoms with van der Waals surface area (Å²) in [7, 11) is 0. The molecule has 3 rings (SSSR count). The number of esters is 2. The molecule has 10 unspecified atom stereocenters. The molecule has 19 atom stereocenters. The summed E-state index contributed by atoms with van der Waals surface area (Å²) in [5, 5.41) is 101. The number of aliphatic carboxylic acids is 2. The third-order valence-corrected chi connectivity index (χ3v) is 15.1. The van der Waals surface area contributed by atoms with Crippen molar-refractivity contribution >= 4 is 23.9 Å². The van der Waals surface area contributed by atoms with E-state index < -0.39 is 140 Å². The second kappa shape index (κ2) is 41.4. The molecule has 80 heavy (non-hydrogen) atoms. The highest BCUT2D eigenvalue weighted by Gasteiger charge is 2.50. The molecule has 0 aliphatic carbocycles. The second-order valence-corrected chi connectivity index (χ2v) is 22.3. The highest BCUT2D eigenvalue weighted by atomic mass is 16.8. The molecule has 0 bridgehead atoms. The van der Waals surface area contributed by atoms with Crippen molar-refractivity contribution in [1.29, 1.82) is 0 Å². The fraction of sp³-hybridized carbons (Fsp3) is 0.931. The lowest BCUT2D eigenvalue weighted by Gasteiger charge is -2.46. The monoisotopic (exact) mass is 1150 g/mol. The predicted octanol–water partition coefficient (Wildman–Crippen LogP) is 6.25. The van der Waals surface area contributed by atoms with Gasteiger partial charge in [-0.3, -0.25) is 19.2 Å². The maximum atomic E-state index is 13.1. The van der Waals surface area contributed by atoms with Crippen molar-refractivity contribution < 1.29 is 108 Å². The van der Waals surface area contributed by atoms with Crippen molar-refractivity contribution in [2.45, 2.75) is 345 Å². The van der Waals surface area contributed by atoms with Crippen molar-refractivity contribution in [3.05, 3.63) is 0 Å². The van der Waals surface area contributed by atoms with E-state index in [-0.39, 0.29) is 25.7 Å². The van der Waals surface area contributed by atoms with Gasteiger partial charge in [0.2, 0.25) is 0 Å². The van der Waals surface area contributed by atoms with Gasteiger partial charge in [-0.25, -0.2) is 0 Å². The van der Waals surface area contributed by atoms with Crippen LogP contribution in [0.2, 0.25) is 0 Å². The molecule has 0 aromatic rings. The number of hydrogen-bond donors (Lipinski definition) is 10. The minimum atomic E-state index is -1.67. The Bertz CT molecular complexity index is 1660. The molecular weight excluding hydrogens is 1050 g/mol. The highest BCUT2D eigenvalue weighted by Crippen LogP contribution is 2.32. The number of aliphatic hydroxyl groups is 8. The summed E-state index contributed by atoms with van der Waals surface area (Å²) in [6.07, 6.45) is -1.64. The molecule has 3 aliphatic rings. The van der Waals surface area contributed by atoms with E-state index in [2.05, 4.69) is 27.7 Å². The second-order valence-electron chi connectivity index (χ2n) is 22.3. The van der Waals surface area contributed by atoms with Gasteiger partial charge < -0.3 is 89.0 Å². The van der Waals surface area contributed by atoms with Crippen molar-refractivity contribution in [2.75, 3.05) is 0 Å². The molecule has 0 radical (unpaired) electrons. The van der Waals surface area contributed by atoms with E-state index in [1.807, 2.05) is 0 Å². The molecule has 0 aromatic heterocycles. The minimum Gasteiger partial charge on any atom is -0.481 e. The molecule has 3 aliphatic heterocycles. The minimum absolute atomic E-state index is 0.112. The predicted molar refractivity (Wildman–Crippen MR) is 293 cm³/mol. The Hall–Kier alpha value is -2.68. The molecule has 0 saturated carbocycles. The van der Waals surface area contributed by atoms with E-state index in [9.17, 15) is 70.2 Å². The van der Waals surface area contributed by atoms with Gasteiger partial charge in [0.05, 0.1) is 56.2 Å². The number of carbonyl (C=O) groups excluding carboxylic acids is 2. The fourth-order valence-corrected chi connectivity index (χ4v) is 10.0. The molecular formula is C58H106O22. The van der Waals surface area contributed by atoms with Crippen LogP contribution in [0, 0.1) is 0 Å². The van der Waals surface area contributed by atoms with Crippen LogP contribution in [0.5, 0.6) is 0 Å². The first kappa shape index (κ1) is 73.4. The maximum absolute atomic E-state index is 13.1. The zero-order chi connectivity index (χ0) is 59.7. The number of carboxylic acids is 2. The standard InChI is InChI=1S/C32H58O13.C26H48O9/c1-5-7-9-11-13-15-21(17-23(33)34)43-24(35)18-22(16-14-12-10-8-6-2)44-32-30(28(39)26(37)20(4)42-32)45-31-29(40)27(38)25(36)19(3)41-31;1-4-6-8-10-12-14-19(16-21(27)28)34-22(29)17-20(15-13-11-9-7-5-2)35-26-25(32)24(31)23(30)18(3)33-26/h19-22,25-32,36-40H,5-18H2,1-4H3,(H,33,34);18-20,23-26,30-32H,4-17H2,1-3H3,(H,27,28)/t19?,20?,21?,22?,25-,26-,27-,28-,29?,30?,31-,32-;18?,19?,20?,23-,24-,25?,26-/m00/s1. The number of rotatable bonds is 40. The maximum Gasteiger partial charge on any atom is 0.308 e. The Morgan fingerprint density at radius 2 is 0.662 bits per heavy atom. The third-order valence-electron chi connectivity index (χ3n) is 15.1. The topological polar surface area (TPSA) is 344 Å². The van der Waals surface area contributed by atoms with Crippen molar-refractivity contribution in [2.24, 2.45) is 0 Å². The van der Waals surface area contributed by atoms with Crippen LogP contribution in [0.3, 0.4) is 0 Å². The molecule has 0 spiro atoms. The van der Waals surface area contributed by atoms with Crippen molar-refractivity contribution in [3.63, 3.8) is 0 Å². The Balaban J connectivity index is 0.000000565. The van der Waals surface area contributed by atoms with Gasteiger partial charge in [0.15, 0.2) is 18.9 Å². The summed E-state index contributed by atoms with van der Waals surface area (Å²) in [5.74, 6) is -3.24. The van der Waals surface area contributed by atoms with Crippen LogP contribution in [0.1, 0.15) is 228 Å². The van der Waals surface area contributed by atoms with Gasteiger partial charge in [0.25, 0.3) is 0 Å². The average molecular weight is 1160 g/mol. The van der Waals surface area contributed by atoms with E-state index >= 15 is 0 Å². The number of unbranched alkanes of at least 4 members (excludes halogenated alkanes) is 16. The molecule has 10 N–H and O–H groups in total. The molecule has 3 fully saturated rings. The first-order valence-electron chi connectivity index (χ1n) is 30.3. The summed E-state index contributed by atoms with van der Waals surface area (Å²) < 4.78 is 46.1. The molecule has 0 amide bonds. The van der Waals surface area contributed by atoms with Crippen LogP contribution in [-0.2, 0) is 57.1 Å². The van der Waals surface area contributed by atoms with Gasteiger partial charge in [0, 0.05) is 0 Å². The van der Waals surface area contributed by atoms with Crippen LogP contribution < -0.4 is 0 Å². The Kier molecular flexibility index (Phi) is 38.0. The van der Waals surface area contributed by atoms with Crippen LogP contribution in [0.25, 0.3) is 0 Å². The number of aliphatic hydroxyl groups excluding tert-OH is 8. The first-order chi connectivity index (χ1) is 38.1. The van der Waals surface area contributed by atoms with E-state index in [0.29, 0.717) is 25.7 Å². The van der Waals surface area contributed by atoms with E-state index in [4.69, 9.17) is 37.9 Å². The molecule has 0 aromatic carbocycles. The summed E-state index contributed by atoms with van der Waals surface area (Å²) >= 11 is 0. The van der Waals surface area contributed by atoms with Gasteiger partial charge in [0.1, 0.15) is 67.1 Å². The van der Waals surface area contributed by atoms with Gasteiger partial charge in [-0.2, -0.15) is 0 Å². The molecule has 22 nitrogen and oxygen atoms in total. The summed E-state index contributed by atoms with van der Waals surface area (Å²) in [5.41, 5.74) is 0. The number of hydrogen-bond acceptors (Lipinski definition) is 20. The lowest BCUT2D eigenvalue weighted by molar-refractivity contribution is -0.366. The Labute approximate surface area is 475 Å². The largest absolute Gasteiger partial charge is 0.481 e. The van der Waals surface area contributed by atoms with Gasteiger partial charge in [-0.05, 0) is 59.3 Å². The quantitative estimate of drug-likeness (QED) is 0.0239. The molecule has 3 saturated heterocycles. The summed E-state index contributed by atoms with van der Waals surface area (Å²) in [6.45, 7) is 13.1. The lowest BCUT2D eigenvalue weighted by atomic mass is 9.97. The van der Waals surface area contributed by atoms with Gasteiger partial charge >= 0.3 is 23.9 Å². The molecule has 3 heterocycles. The van der Waals surface area contributed by atoms with E-state index in [1.54, 1.807) is 13.8 Å². The third kappa shape index (κ3) is 28.3. The van der Waals surface area contributed by atoms with Crippen LogP contribution in [0.4, 0.5) is 0 Å². The zero-order valence-electron chi connectivity index (χ0n) is 49.1. The normalized spacial score (nSPS) is 30.3. The Morgan fingerprint density at radius 1 is 0.362 bits per heavy atom. The van der Waals surface area contributed by atoms with Crippen molar-refractivity contribution in [3.8, 4) is 0 Å². The number of carboxylic acid groups (broad SMARTS) is 2. The smallest absolute Gasteiger partial charge is 0.308 e. The molecule has 470 valence electrons. The van der Waals surface area contributed by atoms with E-state index in [1.165, 1.54) is 6.92 Å².